The lowest BCUT2D eigenvalue weighted by atomic mass is 10.3. The fraction of sp³-hybridized carbons (Fsp3) is 0. The van der Waals surface area contributed by atoms with Crippen molar-refractivity contribution >= 4 is 23.3 Å². The third-order valence-corrected chi connectivity index (χ3v) is 2.74. The smallest absolute Gasteiger partial charge is 0.279 e. The first-order valence-electron chi connectivity index (χ1n) is 5.99. The number of anilines is 1. The second-order valence-corrected chi connectivity index (χ2v) is 4.42. The summed E-state index contributed by atoms with van der Waals surface area (Å²) in [6, 6.07) is 9.28. The molecule has 2 aromatic heterocycles. The van der Waals surface area contributed by atoms with Gasteiger partial charge >= 0.3 is 0 Å². The molecule has 8 heteroatoms. The summed E-state index contributed by atoms with van der Waals surface area (Å²) in [7, 11) is 0. The average Bonchev–Trinajstić information content (AvgIpc) is 2.98. The first-order chi connectivity index (χ1) is 10.2. The van der Waals surface area contributed by atoms with Gasteiger partial charge in [0.25, 0.3) is 5.91 Å². The van der Waals surface area contributed by atoms with Gasteiger partial charge in [0.2, 0.25) is 0 Å². The van der Waals surface area contributed by atoms with E-state index in [2.05, 4.69) is 25.5 Å². The van der Waals surface area contributed by atoms with Gasteiger partial charge in [-0.15, -0.1) is 5.10 Å². The van der Waals surface area contributed by atoms with Crippen molar-refractivity contribution in [3.05, 3.63) is 59.8 Å². The predicted octanol–water partition coefficient (Wildman–Crippen LogP) is 1.96. The van der Waals surface area contributed by atoms with Gasteiger partial charge in [-0.25, -0.2) is 4.98 Å². The van der Waals surface area contributed by atoms with E-state index in [1.165, 1.54) is 23.4 Å². The standard InChI is InChI=1S/C13H9ClN6O/c14-11-7-15-8-12(17-11)18-13(21)10-6-16-20(19-10)9-4-2-1-3-5-9/h1-8H,(H,17,18,21). The van der Waals surface area contributed by atoms with Crippen molar-refractivity contribution in [3.8, 4) is 5.69 Å². The van der Waals surface area contributed by atoms with E-state index in [1.54, 1.807) is 0 Å². The summed E-state index contributed by atoms with van der Waals surface area (Å²) in [5.74, 6) is -0.185. The van der Waals surface area contributed by atoms with Gasteiger partial charge in [-0.2, -0.15) is 9.90 Å². The molecule has 1 N–H and O–H groups in total. The highest BCUT2D eigenvalue weighted by molar-refractivity contribution is 6.29. The van der Waals surface area contributed by atoms with Crippen molar-refractivity contribution in [1.29, 1.82) is 0 Å². The monoisotopic (exact) mass is 300 g/mol. The van der Waals surface area contributed by atoms with Gasteiger partial charge in [-0.05, 0) is 12.1 Å². The molecule has 3 rings (SSSR count). The Kier molecular flexibility index (Phi) is 3.57. The van der Waals surface area contributed by atoms with Crippen molar-refractivity contribution in [2.24, 2.45) is 0 Å². The Hall–Kier alpha value is -2.80. The first kappa shape index (κ1) is 13.2. The van der Waals surface area contributed by atoms with E-state index in [4.69, 9.17) is 11.6 Å². The molecule has 0 unspecified atom stereocenters. The van der Waals surface area contributed by atoms with Gasteiger partial charge in [0, 0.05) is 0 Å². The fourth-order valence-corrected chi connectivity index (χ4v) is 1.78. The molecule has 7 nitrogen and oxygen atoms in total. The molecule has 0 aliphatic heterocycles. The van der Waals surface area contributed by atoms with Crippen LogP contribution in [0.1, 0.15) is 10.5 Å². The van der Waals surface area contributed by atoms with Crippen molar-refractivity contribution in [2.45, 2.75) is 0 Å². The number of amides is 1. The lowest BCUT2D eigenvalue weighted by Gasteiger charge is -2.01. The largest absolute Gasteiger partial charge is 0.304 e. The molecule has 21 heavy (non-hydrogen) atoms. The number of hydrogen-bond acceptors (Lipinski definition) is 5. The molecular formula is C13H9ClN6O. The maximum Gasteiger partial charge on any atom is 0.279 e. The number of carbonyl (C=O) groups is 1. The molecule has 0 saturated heterocycles. The molecule has 0 aliphatic carbocycles. The van der Waals surface area contributed by atoms with Crippen molar-refractivity contribution < 1.29 is 4.79 Å². The van der Waals surface area contributed by atoms with E-state index in [1.807, 2.05) is 30.3 Å². The minimum Gasteiger partial charge on any atom is -0.304 e. The zero-order valence-corrected chi connectivity index (χ0v) is 11.4. The molecule has 1 amide bonds. The number of hydrogen-bond donors (Lipinski definition) is 1. The van der Waals surface area contributed by atoms with E-state index in [9.17, 15) is 4.79 Å². The highest BCUT2D eigenvalue weighted by atomic mass is 35.5. The predicted molar refractivity (Wildman–Crippen MR) is 76.4 cm³/mol. The van der Waals surface area contributed by atoms with Crippen LogP contribution in [-0.2, 0) is 0 Å². The van der Waals surface area contributed by atoms with Gasteiger partial charge in [-0.3, -0.25) is 9.78 Å². The van der Waals surface area contributed by atoms with Gasteiger partial charge in [-0.1, -0.05) is 29.8 Å². The quantitative estimate of drug-likeness (QED) is 0.799. The molecule has 0 aliphatic rings. The Labute approximate surface area is 124 Å². The molecule has 1 aromatic carbocycles. The Balaban J connectivity index is 1.78. The average molecular weight is 301 g/mol. The van der Waals surface area contributed by atoms with Crippen LogP contribution in [0.3, 0.4) is 0 Å². The number of rotatable bonds is 3. The molecular weight excluding hydrogens is 292 g/mol. The van der Waals surface area contributed by atoms with Crippen LogP contribution >= 0.6 is 11.6 Å². The maximum atomic E-state index is 12.0. The van der Waals surface area contributed by atoms with Crippen LogP contribution in [-0.4, -0.2) is 30.9 Å². The summed E-state index contributed by atoms with van der Waals surface area (Å²) in [5.41, 5.74) is 0.930. The van der Waals surface area contributed by atoms with E-state index < -0.39 is 5.91 Å². The minimum absolute atomic E-state index is 0.167. The summed E-state index contributed by atoms with van der Waals surface area (Å²) in [5, 5.41) is 10.9. The van der Waals surface area contributed by atoms with Crippen LogP contribution in [0.2, 0.25) is 5.15 Å². The van der Waals surface area contributed by atoms with E-state index in [-0.39, 0.29) is 16.7 Å². The number of nitrogens with zero attached hydrogens (tertiary/aromatic N) is 5. The molecule has 0 radical (unpaired) electrons. The highest BCUT2D eigenvalue weighted by Gasteiger charge is 2.12. The van der Waals surface area contributed by atoms with E-state index in [0.717, 1.165) is 5.69 Å². The number of para-hydroxylation sites is 1. The zero-order valence-electron chi connectivity index (χ0n) is 10.6. The second kappa shape index (κ2) is 5.68. The molecule has 0 saturated carbocycles. The van der Waals surface area contributed by atoms with Crippen LogP contribution in [0.25, 0.3) is 5.69 Å². The summed E-state index contributed by atoms with van der Waals surface area (Å²) in [4.78, 5) is 21.2. The number of carbonyl (C=O) groups excluding carboxylic acids is 1. The number of benzene rings is 1. The molecule has 2 heterocycles. The number of aromatic nitrogens is 5. The molecule has 0 bridgehead atoms. The van der Waals surface area contributed by atoms with E-state index in [0.29, 0.717) is 0 Å². The van der Waals surface area contributed by atoms with Gasteiger partial charge in [0.05, 0.1) is 24.3 Å². The number of halogens is 1. The summed E-state index contributed by atoms with van der Waals surface area (Å²) in [6.07, 6.45) is 4.15. The maximum absolute atomic E-state index is 12.0. The Morgan fingerprint density at radius 2 is 1.95 bits per heavy atom. The van der Waals surface area contributed by atoms with Crippen LogP contribution in [0, 0.1) is 0 Å². The number of nitrogens with one attached hydrogen (secondary N) is 1. The summed E-state index contributed by atoms with van der Waals surface area (Å²) >= 11 is 5.70. The molecule has 0 fully saturated rings. The fourth-order valence-electron chi connectivity index (χ4n) is 1.64. The van der Waals surface area contributed by atoms with Crippen LogP contribution in [0.5, 0.6) is 0 Å². The minimum atomic E-state index is -0.436. The van der Waals surface area contributed by atoms with Crippen molar-refractivity contribution in [1.82, 2.24) is 25.0 Å². The Morgan fingerprint density at radius 1 is 1.14 bits per heavy atom. The van der Waals surface area contributed by atoms with Gasteiger partial charge < -0.3 is 5.32 Å². The highest BCUT2D eigenvalue weighted by Crippen LogP contribution is 2.09. The molecule has 0 spiro atoms. The lowest BCUT2D eigenvalue weighted by molar-refractivity contribution is 0.102. The van der Waals surface area contributed by atoms with Crippen LogP contribution < -0.4 is 5.32 Å². The zero-order chi connectivity index (χ0) is 14.7. The lowest BCUT2D eigenvalue weighted by Crippen LogP contribution is -2.14. The van der Waals surface area contributed by atoms with E-state index >= 15 is 0 Å². The van der Waals surface area contributed by atoms with Crippen molar-refractivity contribution in [2.75, 3.05) is 5.32 Å². The summed E-state index contributed by atoms with van der Waals surface area (Å²) < 4.78 is 0. The third kappa shape index (κ3) is 3.03. The van der Waals surface area contributed by atoms with Crippen molar-refractivity contribution in [3.63, 3.8) is 0 Å². The van der Waals surface area contributed by atoms with Gasteiger partial charge in [0.15, 0.2) is 11.5 Å². The molecule has 3 aromatic rings. The van der Waals surface area contributed by atoms with Crippen LogP contribution in [0.4, 0.5) is 5.82 Å². The Bertz CT molecular complexity index is 773. The third-order valence-electron chi connectivity index (χ3n) is 2.56. The molecule has 0 atom stereocenters. The van der Waals surface area contributed by atoms with Crippen LogP contribution in [0.15, 0.2) is 48.9 Å². The normalized spacial score (nSPS) is 10.3. The summed E-state index contributed by atoms with van der Waals surface area (Å²) in [6.45, 7) is 0. The second-order valence-electron chi connectivity index (χ2n) is 4.04. The Morgan fingerprint density at radius 3 is 2.71 bits per heavy atom. The molecule has 104 valence electrons. The topological polar surface area (TPSA) is 85.6 Å². The SMILES string of the molecule is O=C(Nc1cncc(Cl)n1)c1cnn(-c2ccccc2)n1. The van der Waals surface area contributed by atoms with Gasteiger partial charge in [0.1, 0.15) is 5.15 Å². The first-order valence-corrected chi connectivity index (χ1v) is 6.37.